The molecule has 0 aliphatic carbocycles. The van der Waals surface area contributed by atoms with Crippen LogP contribution in [-0.2, 0) is 0 Å². The number of imidazole rings is 2. The van der Waals surface area contributed by atoms with Gasteiger partial charge >= 0.3 is 0 Å². The topological polar surface area (TPSA) is 93.8 Å². The molecule has 0 bridgehead atoms. The van der Waals surface area contributed by atoms with E-state index in [2.05, 4.69) is 20.8 Å². The molecule has 2 amide bonds. The van der Waals surface area contributed by atoms with Crippen molar-refractivity contribution in [2.24, 2.45) is 0 Å². The number of amides is 2. The number of fused-ring (bicyclic) bond motifs is 2. The number of benzene rings is 3. The number of nitrogens with zero attached hydrogens (tertiary/aromatic N) is 4. The first-order chi connectivity index (χ1) is 14.7. The lowest BCUT2D eigenvalue weighted by Gasteiger charge is -2.09. The van der Waals surface area contributed by atoms with Gasteiger partial charge in [0.05, 0.1) is 22.1 Å². The monoisotopic (exact) mass is 396 g/mol. The van der Waals surface area contributed by atoms with E-state index in [0.29, 0.717) is 11.1 Å². The summed E-state index contributed by atoms with van der Waals surface area (Å²) in [5.74, 6) is -0.601. The lowest BCUT2D eigenvalue weighted by molar-refractivity contribution is 0.0997. The average Bonchev–Trinajstić information content (AvgIpc) is 3.38. The average molecular weight is 396 g/mol. The minimum absolute atomic E-state index is 0.300. The Morgan fingerprint density at radius 1 is 0.600 bits per heavy atom. The highest BCUT2D eigenvalue weighted by atomic mass is 16.2. The van der Waals surface area contributed by atoms with Gasteiger partial charge in [-0.1, -0.05) is 24.3 Å². The van der Waals surface area contributed by atoms with Crippen LogP contribution in [0.1, 0.15) is 20.7 Å². The normalized spacial score (nSPS) is 10.9. The van der Waals surface area contributed by atoms with Crippen LogP contribution >= 0.6 is 0 Å². The largest absolute Gasteiger partial charge is 0.270 e. The minimum atomic E-state index is -0.300. The van der Waals surface area contributed by atoms with Gasteiger partial charge < -0.3 is 0 Å². The molecular formula is C22H16N6O2. The van der Waals surface area contributed by atoms with Crippen molar-refractivity contribution >= 4 is 33.9 Å². The number of rotatable bonds is 4. The summed E-state index contributed by atoms with van der Waals surface area (Å²) >= 11 is 0. The first-order valence-corrected chi connectivity index (χ1v) is 9.26. The molecule has 2 N–H and O–H groups in total. The number of nitrogens with one attached hydrogen (secondary N) is 2. The zero-order valence-corrected chi connectivity index (χ0v) is 15.7. The highest BCUT2D eigenvalue weighted by Crippen LogP contribution is 2.13. The van der Waals surface area contributed by atoms with E-state index in [1.165, 1.54) is 0 Å². The van der Waals surface area contributed by atoms with Crippen molar-refractivity contribution in [2.75, 3.05) is 10.9 Å². The lowest BCUT2D eigenvalue weighted by atomic mass is 10.1. The second kappa shape index (κ2) is 7.17. The van der Waals surface area contributed by atoms with Gasteiger partial charge in [-0.2, -0.15) is 0 Å². The molecular weight excluding hydrogens is 380 g/mol. The highest BCUT2D eigenvalue weighted by Gasteiger charge is 2.12. The van der Waals surface area contributed by atoms with E-state index < -0.39 is 0 Å². The van der Waals surface area contributed by atoms with Crippen LogP contribution < -0.4 is 10.9 Å². The van der Waals surface area contributed by atoms with Gasteiger partial charge in [0.15, 0.2) is 0 Å². The van der Waals surface area contributed by atoms with Crippen LogP contribution in [0.2, 0.25) is 0 Å². The fourth-order valence-electron chi connectivity index (χ4n) is 3.22. The van der Waals surface area contributed by atoms with Gasteiger partial charge in [-0.25, -0.2) is 19.3 Å². The van der Waals surface area contributed by atoms with E-state index in [0.717, 1.165) is 22.1 Å². The molecule has 0 fully saturated rings. The Hall–Kier alpha value is -4.46. The van der Waals surface area contributed by atoms with Crippen molar-refractivity contribution in [2.45, 2.75) is 0 Å². The predicted octanol–water partition coefficient (Wildman–Crippen LogP) is 3.15. The molecule has 146 valence electrons. The van der Waals surface area contributed by atoms with Gasteiger partial charge in [-0.05, 0) is 48.5 Å². The van der Waals surface area contributed by atoms with Crippen molar-refractivity contribution in [3.63, 3.8) is 0 Å². The first-order valence-electron chi connectivity index (χ1n) is 9.26. The molecule has 30 heavy (non-hydrogen) atoms. The van der Waals surface area contributed by atoms with Gasteiger partial charge in [0.1, 0.15) is 12.7 Å². The number of hydrogen-bond acceptors (Lipinski definition) is 4. The molecule has 0 unspecified atom stereocenters. The van der Waals surface area contributed by atoms with Crippen molar-refractivity contribution in [3.05, 3.63) is 96.6 Å². The summed E-state index contributed by atoms with van der Waals surface area (Å²) in [5, 5.41) is 0. The molecule has 8 heteroatoms. The Bertz CT molecular complexity index is 1280. The summed E-state index contributed by atoms with van der Waals surface area (Å²) in [7, 11) is 0. The fourth-order valence-corrected chi connectivity index (χ4v) is 3.22. The molecule has 5 rings (SSSR count). The van der Waals surface area contributed by atoms with Gasteiger partial charge in [-0.3, -0.25) is 20.4 Å². The van der Waals surface area contributed by atoms with Crippen LogP contribution in [0, 0.1) is 0 Å². The summed E-state index contributed by atoms with van der Waals surface area (Å²) in [5.41, 5.74) is 9.61. The summed E-state index contributed by atoms with van der Waals surface area (Å²) in [6.07, 6.45) is 3.11. The Kier molecular flexibility index (Phi) is 4.21. The second-order valence-corrected chi connectivity index (χ2v) is 6.67. The number of carbonyl (C=O) groups excluding carboxylic acids is 2. The zero-order chi connectivity index (χ0) is 20.5. The molecule has 0 aliphatic heterocycles. The van der Waals surface area contributed by atoms with Gasteiger partial charge in [0.25, 0.3) is 11.8 Å². The molecule has 5 aromatic rings. The molecule has 3 aromatic carbocycles. The summed E-state index contributed by atoms with van der Waals surface area (Å²) in [6, 6.07) is 21.4. The van der Waals surface area contributed by atoms with Crippen LogP contribution in [0.5, 0.6) is 0 Å². The molecule has 0 saturated heterocycles. The number of carbonyl (C=O) groups is 2. The van der Waals surface area contributed by atoms with Crippen LogP contribution in [-0.4, -0.2) is 31.1 Å². The first kappa shape index (κ1) is 17.6. The predicted molar refractivity (Wildman–Crippen MR) is 113 cm³/mol. The van der Waals surface area contributed by atoms with E-state index >= 15 is 0 Å². The van der Waals surface area contributed by atoms with Crippen molar-refractivity contribution in [1.82, 2.24) is 19.3 Å². The highest BCUT2D eigenvalue weighted by molar-refractivity contribution is 6.04. The third-order valence-corrected chi connectivity index (χ3v) is 4.76. The number of hydrogen-bond donors (Lipinski definition) is 2. The molecule has 0 aliphatic rings. The van der Waals surface area contributed by atoms with Crippen molar-refractivity contribution < 1.29 is 9.59 Å². The third-order valence-electron chi connectivity index (χ3n) is 4.76. The number of aromatic nitrogens is 4. The SMILES string of the molecule is O=C(Nn1cnc2ccccc21)c1ccc(C(=O)Nn2cnc3ccccc32)cc1. The van der Waals surface area contributed by atoms with Crippen LogP contribution in [0.3, 0.4) is 0 Å². The van der Waals surface area contributed by atoms with E-state index in [1.807, 2.05) is 48.5 Å². The van der Waals surface area contributed by atoms with E-state index in [1.54, 1.807) is 46.3 Å². The Morgan fingerprint density at radius 3 is 1.43 bits per heavy atom. The molecule has 2 heterocycles. The Labute approximate surface area is 170 Å². The molecule has 0 atom stereocenters. The quantitative estimate of drug-likeness (QED) is 0.488. The van der Waals surface area contributed by atoms with Gasteiger partial charge in [-0.15, -0.1) is 0 Å². The maximum atomic E-state index is 12.6. The summed E-state index contributed by atoms with van der Waals surface area (Å²) in [4.78, 5) is 33.6. The van der Waals surface area contributed by atoms with E-state index in [-0.39, 0.29) is 11.8 Å². The maximum Gasteiger partial charge on any atom is 0.270 e. The van der Waals surface area contributed by atoms with Gasteiger partial charge in [0, 0.05) is 11.1 Å². The van der Waals surface area contributed by atoms with Crippen LogP contribution in [0.4, 0.5) is 0 Å². The lowest BCUT2D eigenvalue weighted by Crippen LogP contribution is -2.23. The zero-order valence-electron chi connectivity index (χ0n) is 15.7. The minimum Gasteiger partial charge on any atom is -0.267 e. The van der Waals surface area contributed by atoms with Gasteiger partial charge in [0.2, 0.25) is 0 Å². The van der Waals surface area contributed by atoms with Crippen LogP contribution in [0.25, 0.3) is 22.1 Å². The second-order valence-electron chi connectivity index (χ2n) is 6.67. The molecule has 8 nitrogen and oxygen atoms in total. The number of para-hydroxylation sites is 4. The summed E-state index contributed by atoms with van der Waals surface area (Å²) < 4.78 is 3.14. The molecule has 0 spiro atoms. The Balaban J connectivity index is 1.31. The van der Waals surface area contributed by atoms with E-state index in [9.17, 15) is 9.59 Å². The Morgan fingerprint density at radius 2 is 1.00 bits per heavy atom. The smallest absolute Gasteiger partial charge is 0.267 e. The molecule has 0 saturated carbocycles. The van der Waals surface area contributed by atoms with E-state index in [4.69, 9.17) is 0 Å². The van der Waals surface area contributed by atoms with Crippen molar-refractivity contribution in [3.8, 4) is 0 Å². The van der Waals surface area contributed by atoms with Crippen LogP contribution in [0.15, 0.2) is 85.5 Å². The third kappa shape index (κ3) is 3.16. The fraction of sp³-hybridized carbons (Fsp3) is 0. The maximum absolute atomic E-state index is 12.6. The summed E-state index contributed by atoms with van der Waals surface area (Å²) in [6.45, 7) is 0. The molecule has 2 aromatic heterocycles. The van der Waals surface area contributed by atoms with Crippen molar-refractivity contribution in [1.29, 1.82) is 0 Å². The molecule has 0 radical (unpaired) electrons. The standard InChI is InChI=1S/C22H16N6O2/c29-21(25-27-13-23-17-5-1-3-7-19(17)27)15-9-11-16(12-10-15)22(30)26-28-14-24-18-6-2-4-8-20(18)28/h1-14H,(H,25,29)(H,26,30).